The molecule has 4 aliphatic heterocycles. The molecule has 4 aliphatic rings. The maximum absolute atomic E-state index is 12.9. The van der Waals surface area contributed by atoms with Gasteiger partial charge in [-0.25, -0.2) is 9.97 Å². The largest absolute Gasteiger partial charge is 0.481 e. The number of fused-ring (bicyclic) bond motifs is 4. The topological polar surface area (TPSA) is 277 Å². The molecule has 2 saturated heterocycles. The second-order valence-electron chi connectivity index (χ2n) is 18.3. The van der Waals surface area contributed by atoms with Gasteiger partial charge in [0, 0.05) is 81.2 Å². The molecule has 372 valence electrons. The van der Waals surface area contributed by atoms with Gasteiger partial charge in [0.05, 0.1) is 17.3 Å². The molecule has 2 aromatic carbocycles. The second kappa shape index (κ2) is 20.4. The lowest BCUT2D eigenvalue weighted by molar-refractivity contribution is -0.145. The van der Waals surface area contributed by atoms with Crippen molar-refractivity contribution in [2.75, 3.05) is 39.3 Å². The normalized spacial score (nSPS) is 16.1. The van der Waals surface area contributed by atoms with Crippen molar-refractivity contribution in [3.8, 4) is 11.5 Å². The van der Waals surface area contributed by atoms with Crippen LogP contribution in [0.15, 0.2) is 82.5 Å². The Morgan fingerprint density at radius 1 is 0.694 bits per heavy atom. The number of carbonyl (C=O) groups excluding carboxylic acids is 4. The van der Waals surface area contributed by atoms with Crippen molar-refractivity contribution in [2.45, 2.75) is 58.5 Å². The SMILES string of the molecule is Cc1nn(C)c2nc(-c3noc(C4CCN(C(=O)CN5Cc6ccccc6C5=O)CC4)n3)ccc12.Cc1nn(C)c2nc(/C(N)=N/O)ccc12.O=C(O)C1CCN(C(=O)CN2Cc3ccccc3C2=O)CC1. The zero-order valence-electron chi connectivity index (χ0n) is 40.3. The molecule has 11 rings (SSSR count). The molecule has 22 nitrogen and oxygen atoms in total. The first-order valence-corrected chi connectivity index (χ1v) is 23.6. The van der Waals surface area contributed by atoms with E-state index in [4.69, 9.17) is 20.6 Å². The molecule has 5 aromatic heterocycles. The van der Waals surface area contributed by atoms with Gasteiger partial charge in [0.15, 0.2) is 17.1 Å². The summed E-state index contributed by atoms with van der Waals surface area (Å²) in [4.78, 5) is 81.1. The quantitative estimate of drug-likeness (QED) is 0.0839. The summed E-state index contributed by atoms with van der Waals surface area (Å²) in [6, 6.07) is 22.3. The van der Waals surface area contributed by atoms with Crippen molar-refractivity contribution in [1.82, 2.24) is 59.3 Å². The lowest BCUT2D eigenvalue weighted by Crippen LogP contribution is -2.45. The number of benzene rings is 2. The number of carboxylic acid groups (broad SMARTS) is 1. The number of amidine groups is 1. The number of hydrogen-bond acceptors (Lipinski definition) is 14. The first kappa shape index (κ1) is 48.5. The molecule has 0 atom stereocenters. The van der Waals surface area contributed by atoms with E-state index in [-0.39, 0.29) is 54.4 Å². The number of carbonyl (C=O) groups is 5. The highest BCUT2D eigenvalue weighted by Gasteiger charge is 2.34. The number of pyridine rings is 2. The van der Waals surface area contributed by atoms with Crippen LogP contribution >= 0.6 is 0 Å². The number of hydrogen-bond donors (Lipinski definition) is 3. The zero-order chi connectivity index (χ0) is 50.8. The predicted octanol–water partition coefficient (Wildman–Crippen LogP) is 4.03. The van der Waals surface area contributed by atoms with Crippen LogP contribution in [0.4, 0.5) is 0 Å². The van der Waals surface area contributed by atoms with Crippen molar-refractivity contribution in [1.29, 1.82) is 0 Å². The van der Waals surface area contributed by atoms with E-state index in [1.807, 2.05) is 86.5 Å². The molecule has 4 amide bonds. The number of nitrogens with two attached hydrogens (primary N) is 1. The second-order valence-corrected chi connectivity index (χ2v) is 18.3. The van der Waals surface area contributed by atoms with Crippen LogP contribution in [0.3, 0.4) is 0 Å². The molecule has 9 heterocycles. The first-order valence-electron chi connectivity index (χ1n) is 23.6. The molecule has 2 fully saturated rings. The Hall–Kier alpha value is -8.56. The van der Waals surface area contributed by atoms with Crippen LogP contribution < -0.4 is 5.73 Å². The minimum Gasteiger partial charge on any atom is -0.481 e. The summed E-state index contributed by atoms with van der Waals surface area (Å²) in [7, 11) is 3.67. The molecule has 0 saturated carbocycles. The van der Waals surface area contributed by atoms with Gasteiger partial charge in [-0.05, 0) is 87.1 Å². The summed E-state index contributed by atoms with van der Waals surface area (Å²) in [5, 5.41) is 35.2. The highest BCUT2D eigenvalue weighted by Crippen LogP contribution is 2.30. The van der Waals surface area contributed by atoms with E-state index >= 15 is 0 Å². The van der Waals surface area contributed by atoms with Crippen LogP contribution in [0.25, 0.3) is 33.6 Å². The van der Waals surface area contributed by atoms with E-state index in [9.17, 15) is 24.0 Å². The van der Waals surface area contributed by atoms with E-state index in [1.54, 1.807) is 43.2 Å². The number of carboxylic acids is 1. The molecule has 7 aromatic rings. The van der Waals surface area contributed by atoms with Crippen LogP contribution in [0, 0.1) is 19.8 Å². The number of oxime groups is 1. The summed E-state index contributed by atoms with van der Waals surface area (Å²) in [6.07, 6.45) is 2.42. The Labute approximate surface area is 412 Å². The Balaban J connectivity index is 0.000000147. The summed E-state index contributed by atoms with van der Waals surface area (Å²) in [5.74, 6) is -0.369. The number of nitrogens with zero attached hydrogens (tertiary/aromatic N) is 13. The fourth-order valence-electron chi connectivity index (χ4n) is 9.59. The molecule has 0 unspecified atom stereocenters. The smallest absolute Gasteiger partial charge is 0.306 e. The van der Waals surface area contributed by atoms with Crippen LogP contribution in [0.2, 0.25) is 0 Å². The van der Waals surface area contributed by atoms with E-state index in [0.717, 1.165) is 57.4 Å². The Bertz CT molecular complexity index is 3250. The Morgan fingerprint density at radius 3 is 1.71 bits per heavy atom. The van der Waals surface area contributed by atoms with E-state index in [0.29, 0.717) is 86.3 Å². The number of likely N-dealkylation sites (tertiary alicyclic amines) is 2. The van der Waals surface area contributed by atoms with Gasteiger partial charge in [0.2, 0.25) is 23.5 Å². The van der Waals surface area contributed by atoms with Crippen LogP contribution in [0.5, 0.6) is 0 Å². The van der Waals surface area contributed by atoms with Gasteiger partial charge in [-0.1, -0.05) is 46.7 Å². The average molecular weight is 979 g/mol. The van der Waals surface area contributed by atoms with Gasteiger partial charge < -0.3 is 40.2 Å². The standard InChI is InChI=1S/C25H25N7O3.C16H18N2O4.C9H11N5O/c1-15-18-7-8-20(26-23(18)30(2)28-15)22-27-24(35-29-22)16-9-11-31(12-10-16)21(33)14-32-13-17-5-3-4-6-19(17)25(32)34;19-14(17-7-5-11(6-8-17)16(21)22)10-18-9-12-3-1-2-4-13(12)15(18)20;1-5-6-3-4-7(8(10)13-15)11-9(6)14(2)12-5/h3-8,16H,9-14H2,1-2H3;1-4,11H,5-10H2,(H,21,22);3-4,15H,1-2H3,(H2,10,13). The van der Waals surface area contributed by atoms with Gasteiger partial charge in [-0.3, -0.25) is 33.3 Å². The van der Waals surface area contributed by atoms with Gasteiger partial charge in [-0.2, -0.15) is 15.2 Å². The fraction of sp³-hybridized carbons (Fsp3) is 0.360. The molecule has 0 aliphatic carbocycles. The van der Waals surface area contributed by atoms with Crippen molar-refractivity contribution < 1.29 is 38.8 Å². The highest BCUT2D eigenvalue weighted by molar-refractivity contribution is 6.01. The molecule has 0 spiro atoms. The molecule has 0 radical (unpaired) electrons. The third-order valence-corrected chi connectivity index (χ3v) is 13.6. The summed E-state index contributed by atoms with van der Waals surface area (Å²) in [5.41, 5.74) is 13.1. The van der Waals surface area contributed by atoms with Crippen molar-refractivity contribution in [3.05, 3.63) is 118 Å². The van der Waals surface area contributed by atoms with Crippen molar-refractivity contribution >= 4 is 57.5 Å². The maximum atomic E-state index is 12.9. The lowest BCUT2D eigenvalue weighted by Gasteiger charge is -2.31. The number of aryl methyl sites for hydroxylation is 4. The number of piperidine rings is 2. The number of aromatic nitrogens is 8. The van der Waals surface area contributed by atoms with Crippen LogP contribution in [0.1, 0.15) is 86.4 Å². The van der Waals surface area contributed by atoms with Crippen LogP contribution in [-0.2, 0) is 41.6 Å². The van der Waals surface area contributed by atoms with E-state index in [1.165, 1.54) is 0 Å². The van der Waals surface area contributed by atoms with Gasteiger partial charge in [0.25, 0.3) is 11.8 Å². The summed E-state index contributed by atoms with van der Waals surface area (Å²) in [6.45, 7) is 7.06. The number of rotatable bonds is 8. The van der Waals surface area contributed by atoms with E-state index < -0.39 is 5.97 Å². The minimum absolute atomic E-state index is 0.00393. The monoisotopic (exact) mass is 978 g/mol. The van der Waals surface area contributed by atoms with Crippen molar-refractivity contribution in [2.24, 2.45) is 30.9 Å². The van der Waals surface area contributed by atoms with Crippen molar-refractivity contribution in [3.63, 3.8) is 0 Å². The maximum Gasteiger partial charge on any atom is 0.306 e. The average Bonchev–Trinajstić information content (AvgIpc) is 4.21. The molecule has 4 N–H and O–H groups in total. The number of amides is 4. The molecular weight excluding hydrogens is 925 g/mol. The fourth-order valence-corrected chi connectivity index (χ4v) is 9.59. The number of aliphatic carboxylic acids is 1. The molecule has 72 heavy (non-hydrogen) atoms. The van der Waals surface area contributed by atoms with Gasteiger partial charge in [-0.15, -0.1) is 0 Å². The Kier molecular flexibility index (Phi) is 13.7. The highest BCUT2D eigenvalue weighted by atomic mass is 16.5. The van der Waals surface area contributed by atoms with Gasteiger partial charge >= 0.3 is 5.97 Å². The molecule has 22 heteroatoms. The van der Waals surface area contributed by atoms with Crippen LogP contribution in [-0.4, -0.2) is 144 Å². The molecule has 0 bridgehead atoms. The lowest BCUT2D eigenvalue weighted by atomic mass is 9.96. The third kappa shape index (κ3) is 9.92. The third-order valence-electron chi connectivity index (χ3n) is 13.6. The summed E-state index contributed by atoms with van der Waals surface area (Å²) >= 11 is 0. The minimum atomic E-state index is -0.794. The Morgan fingerprint density at radius 2 is 1.19 bits per heavy atom. The molecular formula is C50H54N14O8. The summed E-state index contributed by atoms with van der Waals surface area (Å²) < 4.78 is 8.99. The van der Waals surface area contributed by atoms with Gasteiger partial charge in [0.1, 0.15) is 24.5 Å². The zero-order valence-corrected chi connectivity index (χ0v) is 40.3. The van der Waals surface area contributed by atoms with E-state index in [2.05, 4.69) is 35.5 Å². The first-order chi connectivity index (χ1) is 34.7. The predicted molar refractivity (Wildman–Crippen MR) is 260 cm³/mol.